The van der Waals surface area contributed by atoms with Crippen molar-refractivity contribution in [1.29, 1.82) is 0 Å². The van der Waals surface area contributed by atoms with Crippen LogP contribution in [0.15, 0.2) is 23.8 Å². The summed E-state index contributed by atoms with van der Waals surface area (Å²) < 4.78 is 0. The number of piperidine rings is 1. The molecule has 0 aromatic carbocycles. The van der Waals surface area contributed by atoms with Crippen molar-refractivity contribution in [3.63, 3.8) is 0 Å². The average Bonchev–Trinajstić information content (AvgIpc) is 2.21. The van der Waals surface area contributed by atoms with Gasteiger partial charge in [-0.2, -0.15) is 0 Å². The molecule has 1 aliphatic heterocycles. The van der Waals surface area contributed by atoms with Gasteiger partial charge in [-0.15, -0.1) is 0 Å². The van der Waals surface area contributed by atoms with E-state index in [0.717, 1.165) is 11.8 Å². The highest BCUT2D eigenvalue weighted by molar-refractivity contribution is 5.24. The van der Waals surface area contributed by atoms with Crippen molar-refractivity contribution < 1.29 is 0 Å². The van der Waals surface area contributed by atoms with Gasteiger partial charge in [0.25, 0.3) is 0 Å². The van der Waals surface area contributed by atoms with Gasteiger partial charge in [-0.3, -0.25) is 0 Å². The second-order valence-corrected chi connectivity index (χ2v) is 4.15. The molecule has 0 aromatic heterocycles. The van der Waals surface area contributed by atoms with Gasteiger partial charge in [0.1, 0.15) is 0 Å². The van der Waals surface area contributed by atoms with Crippen LogP contribution in [0.5, 0.6) is 0 Å². The first kappa shape index (κ1) is 11.5. The summed E-state index contributed by atoms with van der Waals surface area (Å²) in [6, 6.07) is 0. The Hall–Kier alpha value is -0.560. The van der Waals surface area contributed by atoms with Crippen LogP contribution in [0.25, 0.3) is 0 Å². The first-order valence-corrected chi connectivity index (χ1v) is 5.81. The molecule has 2 atom stereocenters. The molecule has 0 spiro atoms. The van der Waals surface area contributed by atoms with Crippen LogP contribution in [0.4, 0.5) is 0 Å². The fraction of sp³-hybridized carbons (Fsp3) is 0.692. The van der Waals surface area contributed by atoms with Crippen LogP contribution in [0.3, 0.4) is 0 Å². The topological polar surface area (TPSA) is 3.24 Å². The fourth-order valence-electron chi connectivity index (χ4n) is 2.25. The lowest BCUT2D eigenvalue weighted by atomic mass is 9.81. The lowest BCUT2D eigenvalue weighted by molar-refractivity contribution is 0.197. The zero-order valence-electron chi connectivity index (χ0n) is 9.96. The van der Waals surface area contributed by atoms with Crippen molar-refractivity contribution in [3.8, 4) is 0 Å². The highest BCUT2D eigenvalue weighted by Gasteiger charge is 2.25. The molecule has 1 heteroatoms. The van der Waals surface area contributed by atoms with E-state index in [4.69, 9.17) is 0 Å². The Labute approximate surface area is 88.5 Å². The van der Waals surface area contributed by atoms with Crippen LogP contribution in [0.1, 0.15) is 27.2 Å². The van der Waals surface area contributed by atoms with E-state index < -0.39 is 0 Å². The summed E-state index contributed by atoms with van der Waals surface area (Å²) >= 11 is 0. The molecule has 1 heterocycles. The molecule has 1 nitrogen and oxygen atoms in total. The molecule has 0 amide bonds. The Kier molecular flexibility index (Phi) is 4.40. The van der Waals surface area contributed by atoms with Gasteiger partial charge in [-0.05, 0) is 38.8 Å². The minimum absolute atomic E-state index is 0.785. The van der Waals surface area contributed by atoms with Gasteiger partial charge >= 0.3 is 0 Å². The number of rotatable bonds is 0. The van der Waals surface area contributed by atoms with Gasteiger partial charge in [0.15, 0.2) is 0 Å². The molecule has 0 bridgehead atoms. The second kappa shape index (κ2) is 5.35. The highest BCUT2D eigenvalue weighted by Crippen LogP contribution is 2.29. The molecule has 0 saturated carbocycles. The molecular weight excluding hydrogens is 170 g/mol. The molecule has 0 aromatic rings. The minimum Gasteiger partial charge on any atom is -0.306 e. The fourth-order valence-corrected chi connectivity index (χ4v) is 2.25. The summed E-state index contributed by atoms with van der Waals surface area (Å²) in [7, 11) is 2.22. The van der Waals surface area contributed by atoms with Crippen LogP contribution in [0.2, 0.25) is 0 Å². The van der Waals surface area contributed by atoms with E-state index in [-0.39, 0.29) is 0 Å². The molecule has 2 aliphatic rings. The third-order valence-corrected chi connectivity index (χ3v) is 3.00. The summed E-state index contributed by atoms with van der Waals surface area (Å²) in [6.45, 7) is 8.70. The summed E-state index contributed by atoms with van der Waals surface area (Å²) in [4.78, 5) is 2.43. The van der Waals surface area contributed by atoms with E-state index in [1.54, 1.807) is 0 Å². The maximum atomic E-state index is 2.44. The zero-order chi connectivity index (χ0) is 10.6. The monoisotopic (exact) mass is 193 g/mol. The van der Waals surface area contributed by atoms with Crippen molar-refractivity contribution in [2.75, 3.05) is 20.1 Å². The Morgan fingerprint density at radius 3 is 2.71 bits per heavy atom. The smallest absolute Gasteiger partial charge is 0.00471 e. The molecule has 1 saturated heterocycles. The maximum Gasteiger partial charge on any atom is 0.00471 e. The standard InChI is InChI=1S/C11H17N.C2H6/c1-9-3-4-11-8-12(2)6-5-10(11)7-9;1-2/h3-4,7,10-11H,5-6,8H2,1-2H3;1-2H3. The first-order valence-electron chi connectivity index (χ1n) is 5.81. The van der Waals surface area contributed by atoms with Crippen molar-refractivity contribution >= 4 is 0 Å². The van der Waals surface area contributed by atoms with E-state index in [9.17, 15) is 0 Å². The van der Waals surface area contributed by atoms with Crippen molar-refractivity contribution in [2.24, 2.45) is 11.8 Å². The second-order valence-electron chi connectivity index (χ2n) is 4.15. The van der Waals surface area contributed by atoms with E-state index >= 15 is 0 Å². The Bertz CT molecular complexity index is 227. The van der Waals surface area contributed by atoms with Crippen LogP contribution in [0, 0.1) is 11.8 Å². The van der Waals surface area contributed by atoms with E-state index in [0.29, 0.717) is 0 Å². The predicted octanol–water partition coefficient (Wildman–Crippen LogP) is 3.10. The summed E-state index contributed by atoms with van der Waals surface area (Å²) in [5.74, 6) is 1.61. The average molecular weight is 193 g/mol. The molecule has 0 radical (unpaired) electrons. The summed E-state index contributed by atoms with van der Waals surface area (Å²) in [5, 5.41) is 0. The third-order valence-electron chi connectivity index (χ3n) is 3.00. The number of fused-ring (bicyclic) bond motifs is 1. The molecule has 14 heavy (non-hydrogen) atoms. The Balaban J connectivity index is 0.000000461. The Morgan fingerprint density at radius 1 is 1.29 bits per heavy atom. The molecule has 1 fully saturated rings. The SMILES string of the molecule is CC.CC1=CC2CCN(C)CC2C=C1. The van der Waals surface area contributed by atoms with E-state index in [1.807, 2.05) is 13.8 Å². The van der Waals surface area contributed by atoms with E-state index in [2.05, 4.69) is 37.1 Å². The van der Waals surface area contributed by atoms with Crippen LogP contribution >= 0.6 is 0 Å². The lowest BCUT2D eigenvalue weighted by Crippen LogP contribution is -2.37. The molecule has 0 N–H and O–H groups in total. The Morgan fingerprint density at radius 2 is 2.00 bits per heavy atom. The molecule has 2 unspecified atom stereocenters. The van der Waals surface area contributed by atoms with Gasteiger partial charge in [0.2, 0.25) is 0 Å². The van der Waals surface area contributed by atoms with Gasteiger partial charge < -0.3 is 4.90 Å². The van der Waals surface area contributed by atoms with Crippen molar-refractivity contribution in [2.45, 2.75) is 27.2 Å². The van der Waals surface area contributed by atoms with E-state index in [1.165, 1.54) is 25.1 Å². The number of likely N-dealkylation sites (tertiary alicyclic amines) is 1. The minimum atomic E-state index is 0.785. The zero-order valence-corrected chi connectivity index (χ0v) is 9.96. The van der Waals surface area contributed by atoms with Crippen molar-refractivity contribution in [3.05, 3.63) is 23.8 Å². The number of hydrogen-bond donors (Lipinski definition) is 0. The van der Waals surface area contributed by atoms with Crippen molar-refractivity contribution in [1.82, 2.24) is 4.90 Å². The van der Waals surface area contributed by atoms with Gasteiger partial charge in [0.05, 0.1) is 0 Å². The summed E-state index contributed by atoms with van der Waals surface area (Å²) in [5.41, 5.74) is 1.45. The molecular formula is C13H23N. The van der Waals surface area contributed by atoms with Gasteiger partial charge in [0, 0.05) is 6.54 Å². The van der Waals surface area contributed by atoms with Crippen LogP contribution in [-0.2, 0) is 0 Å². The van der Waals surface area contributed by atoms with Crippen LogP contribution in [-0.4, -0.2) is 25.0 Å². The van der Waals surface area contributed by atoms with Crippen LogP contribution < -0.4 is 0 Å². The third kappa shape index (κ3) is 2.71. The summed E-state index contributed by atoms with van der Waals surface area (Å²) in [6.07, 6.45) is 8.43. The van der Waals surface area contributed by atoms with Gasteiger partial charge in [-0.25, -0.2) is 0 Å². The lowest BCUT2D eigenvalue weighted by Gasteiger charge is -2.35. The maximum absolute atomic E-state index is 2.44. The normalized spacial score (nSPS) is 31.3. The predicted molar refractivity (Wildman–Crippen MR) is 63.3 cm³/mol. The number of hydrogen-bond acceptors (Lipinski definition) is 1. The quantitative estimate of drug-likeness (QED) is 0.571. The van der Waals surface area contributed by atoms with Gasteiger partial charge in [-0.1, -0.05) is 37.6 Å². The molecule has 2 rings (SSSR count). The largest absolute Gasteiger partial charge is 0.306 e. The molecule has 80 valence electrons. The first-order chi connectivity index (χ1) is 6.75. The molecule has 1 aliphatic carbocycles. The number of allylic oxidation sites excluding steroid dienone is 3. The highest BCUT2D eigenvalue weighted by atomic mass is 15.1. The number of nitrogens with zero attached hydrogens (tertiary/aromatic N) is 1.